The van der Waals surface area contributed by atoms with Crippen LogP contribution in [0.25, 0.3) is 0 Å². The van der Waals surface area contributed by atoms with Crippen LogP contribution in [-0.4, -0.2) is 11.1 Å². The number of benzene rings is 1. The van der Waals surface area contributed by atoms with Gasteiger partial charge in [-0.25, -0.2) is 0 Å². The molecule has 0 spiro atoms. The van der Waals surface area contributed by atoms with Crippen LogP contribution < -0.4 is 0 Å². The van der Waals surface area contributed by atoms with Crippen molar-refractivity contribution in [3.8, 4) is 0 Å². The standard InChI is InChI=1S/C14H14O2/c15-12(16)14-10-7-4-8-11(14)13(10,14)9-5-2-1-3-6-9/h1-3,5-6,10-11H,4,7-8H2,(H,15,16)/t10-,11-,13?,14?/m1/s1. The number of fused-ring (bicyclic) bond motifs is 2. The Morgan fingerprint density at radius 2 is 1.81 bits per heavy atom. The highest BCUT2D eigenvalue weighted by Crippen LogP contribution is 2.96. The van der Waals surface area contributed by atoms with Crippen LogP contribution in [0.1, 0.15) is 24.8 Å². The van der Waals surface area contributed by atoms with Gasteiger partial charge in [0.1, 0.15) is 0 Å². The van der Waals surface area contributed by atoms with Gasteiger partial charge in [-0.3, -0.25) is 4.79 Å². The Hall–Kier alpha value is -1.31. The molecule has 0 amide bonds. The molecular formula is C14H14O2. The SMILES string of the molecule is O=C(O)C12[C@@H]3CCC[C@@H]1C32c1ccccc1. The van der Waals surface area contributed by atoms with Crippen molar-refractivity contribution in [1.82, 2.24) is 0 Å². The Bertz CT molecular complexity index is 465. The third kappa shape index (κ3) is 0.602. The first-order chi connectivity index (χ1) is 7.77. The van der Waals surface area contributed by atoms with E-state index in [1.165, 1.54) is 12.0 Å². The van der Waals surface area contributed by atoms with Gasteiger partial charge >= 0.3 is 5.97 Å². The Labute approximate surface area is 94.3 Å². The van der Waals surface area contributed by atoms with Crippen LogP contribution in [0.2, 0.25) is 0 Å². The minimum atomic E-state index is -0.550. The zero-order valence-electron chi connectivity index (χ0n) is 9.02. The first kappa shape index (κ1) is 8.80. The summed E-state index contributed by atoms with van der Waals surface area (Å²) in [6.07, 6.45) is 3.44. The molecule has 2 atom stereocenters. The van der Waals surface area contributed by atoms with E-state index in [1.54, 1.807) is 0 Å². The Morgan fingerprint density at radius 3 is 2.31 bits per heavy atom. The second-order valence-electron chi connectivity index (χ2n) is 5.45. The minimum Gasteiger partial charge on any atom is -0.481 e. The van der Waals surface area contributed by atoms with Crippen LogP contribution in [0.5, 0.6) is 0 Å². The molecule has 2 nitrogen and oxygen atoms in total. The van der Waals surface area contributed by atoms with Crippen LogP contribution in [0.3, 0.4) is 0 Å². The van der Waals surface area contributed by atoms with Gasteiger partial charge in [-0.15, -0.1) is 0 Å². The van der Waals surface area contributed by atoms with E-state index in [4.69, 9.17) is 0 Å². The van der Waals surface area contributed by atoms with Crippen molar-refractivity contribution in [2.75, 3.05) is 0 Å². The summed E-state index contributed by atoms with van der Waals surface area (Å²) in [4.78, 5) is 11.5. The molecule has 1 N–H and O–H groups in total. The van der Waals surface area contributed by atoms with Gasteiger partial charge in [-0.2, -0.15) is 0 Å². The molecule has 16 heavy (non-hydrogen) atoms. The zero-order chi connectivity index (χ0) is 11.0. The Kier molecular flexibility index (Phi) is 1.29. The Balaban J connectivity index is 1.84. The van der Waals surface area contributed by atoms with Gasteiger partial charge in [0.2, 0.25) is 0 Å². The largest absolute Gasteiger partial charge is 0.481 e. The lowest BCUT2D eigenvalue weighted by Gasteiger charge is -2.26. The third-order valence-electron chi connectivity index (χ3n) is 5.31. The molecule has 2 heteroatoms. The topological polar surface area (TPSA) is 37.3 Å². The first-order valence-corrected chi connectivity index (χ1v) is 6.06. The van der Waals surface area contributed by atoms with E-state index in [2.05, 4.69) is 12.1 Å². The fraction of sp³-hybridized carbons (Fsp3) is 0.500. The minimum absolute atomic E-state index is 0.0400. The van der Waals surface area contributed by atoms with Crippen LogP contribution >= 0.6 is 0 Å². The lowest BCUT2D eigenvalue weighted by atomic mass is 9.77. The van der Waals surface area contributed by atoms with Crippen LogP contribution in [0, 0.1) is 17.3 Å². The smallest absolute Gasteiger partial charge is 0.311 e. The van der Waals surface area contributed by atoms with E-state index >= 15 is 0 Å². The number of carbonyl (C=O) groups is 1. The van der Waals surface area contributed by atoms with Gasteiger partial charge in [0.15, 0.2) is 0 Å². The quantitative estimate of drug-likeness (QED) is 0.821. The van der Waals surface area contributed by atoms with Gasteiger partial charge in [0.25, 0.3) is 0 Å². The van der Waals surface area contributed by atoms with Crippen LogP contribution in [0.15, 0.2) is 30.3 Å². The highest BCUT2D eigenvalue weighted by Gasteiger charge is 3.01. The van der Waals surface area contributed by atoms with E-state index < -0.39 is 5.97 Å². The zero-order valence-corrected chi connectivity index (χ0v) is 9.02. The number of hydrogen-bond donors (Lipinski definition) is 1. The second kappa shape index (κ2) is 2.34. The van der Waals surface area contributed by atoms with Crippen molar-refractivity contribution in [2.45, 2.75) is 24.7 Å². The van der Waals surface area contributed by atoms with Crippen LogP contribution in [0.4, 0.5) is 0 Å². The molecule has 0 bridgehead atoms. The fourth-order valence-electron chi connectivity index (χ4n) is 4.86. The van der Waals surface area contributed by atoms with E-state index in [1.807, 2.05) is 18.2 Å². The summed E-state index contributed by atoms with van der Waals surface area (Å²) in [5.74, 6) is 0.309. The maximum absolute atomic E-state index is 11.5. The lowest BCUT2D eigenvalue weighted by Crippen LogP contribution is -2.25. The number of aliphatic carboxylic acids is 1. The molecular weight excluding hydrogens is 200 g/mol. The first-order valence-electron chi connectivity index (χ1n) is 6.06. The van der Waals surface area contributed by atoms with E-state index in [0.29, 0.717) is 11.8 Å². The highest BCUT2D eigenvalue weighted by atomic mass is 16.4. The molecule has 0 heterocycles. The van der Waals surface area contributed by atoms with Crippen molar-refractivity contribution < 1.29 is 9.90 Å². The molecule has 82 valence electrons. The summed E-state index contributed by atoms with van der Waals surface area (Å²) < 4.78 is 0. The van der Waals surface area contributed by atoms with Gasteiger partial charge in [-0.05, 0) is 30.2 Å². The molecule has 0 aromatic heterocycles. The predicted molar refractivity (Wildman–Crippen MR) is 59.0 cm³/mol. The van der Waals surface area contributed by atoms with Gasteiger partial charge in [0, 0.05) is 5.41 Å². The maximum atomic E-state index is 11.5. The van der Waals surface area contributed by atoms with Gasteiger partial charge < -0.3 is 5.11 Å². The molecule has 1 aromatic rings. The molecule has 0 unspecified atom stereocenters. The van der Waals surface area contributed by atoms with Gasteiger partial charge in [0.05, 0.1) is 5.41 Å². The lowest BCUT2D eigenvalue weighted by molar-refractivity contribution is -0.143. The number of carboxylic acid groups (broad SMARTS) is 1. The summed E-state index contributed by atoms with van der Waals surface area (Å²) in [6.45, 7) is 0. The van der Waals surface area contributed by atoms with Crippen molar-refractivity contribution in [1.29, 1.82) is 0 Å². The summed E-state index contributed by atoms with van der Waals surface area (Å²) in [5, 5.41) is 9.49. The molecule has 0 saturated heterocycles. The number of carboxylic acids is 1. The third-order valence-corrected chi connectivity index (χ3v) is 5.31. The highest BCUT2D eigenvalue weighted by molar-refractivity contribution is 5.92. The monoisotopic (exact) mass is 214 g/mol. The molecule has 3 aliphatic carbocycles. The second-order valence-corrected chi connectivity index (χ2v) is 5.45. The van der Waals surface area contributed by atoms with E-state index in [0.717, 1.165) is 12.8 Å². The van der Waals surface area contributed by atoms with E-state index in [-0.39, 0.29) is 10.8 Å². The molecule has 0 aliphatic heterocycles. The van der Waals surface area contributed by atoms with Crippen molar-refractivity contribution in [3.63, 3.8) is 0 Å². The Morgan fingerprint density at radius 1 is 1.19 bits per heavy atom. The van der Waals surface area contributed by atoms with Crippen LogP contribution in [-0.2, 0) is 10.2 Å². The molecule has 3 saturated carbocycles. The average Bonchev–Trinajstić information content (AvgIpc) is 3.17. The number of rotatable bonds is 2. The molecule has 4 rings (SSSR count). The molecule has 0 radical (unpaired) electrons. The molecule has 3 fully saturated rings. The average molecular weight is 214 g/mol. The fourth-order valence-corrected chi connectivity index (χ4v) is 4.86. The van der Waals surface area contributed by atoms with E-state index in [9.17, 15) is 9.90 Å². The van der Waals surface area contributed by atoms with Crippen molar-refractivity contribution in [2.24, 2.45) is 17.3 Å². The molecule has 1 aromatic carbocycles. The maximum Gasteiger partial charge on any atom is 0.311 e. The summed E-state index contributed by atoms with van der Waals surface area (Å²) >= 11 is 0. The number of hydrogen-bond acceptors (Lipinski definition) is 1. The predicted octanol–water partition coefficient (Wildman–Crippen LogP) is 2.44. The normalized spacial score (nSPS) is 47.0. The van der Waals surface area contributed by atoms with Crippen molar-refractivity contribution >= 4 is 5.97 Å². The summed E-state index contributed by atoms with van der Waals surface area (Å²) in [5.41, 5.74) is 0.956. The summed E-state index contributed by atoms with van der Waals surface area (Å²) in [7, 11) is 0. The molecule has 3 aliphatic rings. The van der Waals surface area contributed by atoms with Crippen molar-refractivity contribution in [3.05, 3.63) is 35.9 Å². The summed E-state index contributed by atoms with van der Waals surface area (Å²) in [6, 6.07) is 10.3. The van der Waals surface area contributed by atoms with Gasteiger partial charge in [-0.1, -0.05) is 36.8 Å².